The standard InChI is InChI=1S/C18H21N3O2/c1-11-13(5-7-16(20-11)17-3-2-8-23-17)18(22)21-9-12-4-6-15(19)14(12)10-21/h2-3,5,7-8,12,14-15H,4,6,9-10,19H2,1H3. The molecule has 3 unspecified atom stereocenters. The number of carbonyl (C=O) groups excluding carboxylic acids is 1. The van der Waals surface area contributed by atoms with Crippen LogP contribution in [0.15, 0.2) is 34.9 Å². The Bertz CT molecular complexity index is 726. The van der Waals surface area contributed by atoms with Crippen LogP contribution in [-0.2, 0) is 0 Å². The van der Waals surface area contributed by atoms with E-state index in [1.165, 1.54) is 0 Å². The van der Waals surface area contributed by atoms with Crippen molar-refractivity contribution in [3.63, 3.8) is 0 Å². The van der Waals surface area contributed by atoms with E-state index in [1.807, 2.05) is 36.1 Å². The van der Waals surface area contributed by atoms with Crippen LogP contribution < -0.4 is 5.73 Å². The first-order valence-corrected chi connectivity index (χ1v) is 8.20. The Morgan fingerprint density at radius 2 is 2.17 bits per heavy atom. The van der Waals surface area contributed by atoms with E-state index < -0.39 is 0 Å². The van der Waals surface area contributed by atoms with Gasteiger partial charge in [-0.2, -0.15) is 0 Å². The number of aryl methyl sites for hydroxylation is 1. The second-order valence-corrected chi connectivity index (χ2v) is 6.68. The van der Waals surface area contributed by atoms with Gasteiger partial charge in [-0.3, -0.25) is 4.79 Å². The van der Waals surface area contributed by atoms with Crippen LogP contribution in [0.4, 0.5) is 0 Å². The molecule has 0 bridgehead atoms. The maximum absolute atomic E-state index is 12.8. The lowest BCUT2D eigenvalue weighted by Crippen LogP contribution is -2.33. The lowest BCUT2D eigenvalue weighted by Gasteiger charge is -2.19. The fraction of sp³-hybridized carbons (Fsp3) is 0.444. The largest absolute Gasteiger partial charge is 0.463 e. The molecule has 0 aromatic carbocycles. The zero-order valence-electron chi connectivity index (χ0n) is 13.2. The lowest BCUT2D eigenvalue weighted by molar-refractivity contribution is 0.0778. The van der Waals surface area contributed by atoms with Crippen molar-refractivity contribution >= 4 is 5.91 Å². The van der Waals surface area contributed by atoms with E-state index in [2.05, 4.69) is 4.98 Å². The van der Waals surface area contributed by atoms with Gasteiger partial charge in [-0.25, -0.2) is 4.98 Å². The van der Waals surface area contributed by atoms with Crippen molar-refractivity contribution in [3.05, 3.63) is 41.8 Å². The molecule has 120 valence electrons. The van der Waals surface area contributed by atoms with Gasteiger partial charge in [-0.1, -0.05) is 0 Å². The van der Waals surface area contributed by atoms with Crippen molar-refractivity contribution in [3.8, 4) is 11.5 Å². The summed E-state index contributed by atoms with van der Waals surface area (Å²) in [5.41, 5.74) is 8.33. The number of nitrogens with two attached hydrogens (primary N) is 1. The summed E-state index contributed by atoms with van der Waals surface area (Å²) < 4.78 is 5.37. The zero-order valence-corrected chi connectivity index (χ0v) is 13.2. The second kappa shape index (κ2) is 5.49. The monoisotopic (exact) mass is 311 g/mol. The van der Waals surface area contributed by atoms with Crippen molar-refractivity contribution in [1.82, 2.24) is 9.88 Å². The number of likely N-dealkylation sites (tertiary alicyclic amines) is 1. The summed E-state index contributed by atoms with van der Waals surface area (Å²) in [6.07, 6.45) is 3.86. The van der Waals surface area contributed by atoms with Crippen LogP contribution in [0.1, 0.15) is 28.9 Å². The zero-order chi connectivity index (χ0) is 16.0. The molecule has 1 aliphatic carbocycles. The summed E-state index contributed by atoms with van der Waals surface area (Å²) in [6, 6.07) is 7.65. The third-order valence-corrected chi connectivity index (χ3v) is 5.29. The van der Waals surface area contributed by atoms with Gasteiger partial charge < -0.3 is 15.1 Å². The van der Waals surface area contributed by atoms with Crippen LogP contribution >= 0.6 is 0 Å². The highest BCUT2D eigenvalue weighted by molar-refractivity contribution is 5.95. The van der Waals surface area contributed by atoms with Gasteiger partial charge in [0.2, 0.25) is 0 Å². The van der Waals surface area contributed by atoms with Gasteiger partial charge >= 0.3 is 0 Å². The Morgan fingerprint density at radius 1 is 1.30 bits per heavy atom. The highest BCUT2D eigenvalue weighted by atomic mass is 16.3. The predicted molar refractivity (Wildman–Crippen MR) is 86.8 cm³/mol. The van der Waals surface area contributed by atoms with Crippen molar-refractivity contribution in [2.75, 3.05) is 13.1 Å². The molecule has 1 saturated heterocycles. The number of aromatic nitrogens is 1. The molecule has 2 aromatic heterocycles. The molecule has 2 aromatic rings. The molecule has 1 saturated carbocycles. The quantitative estimate of drug-likeness (QED) is 0.924. The Kier molecular flexibility index (Phi) is 3.45. The molecule has 2 N–H and O–H groups in total. The van der Waals surface area contributed by atoms with Crippen LogP contribution in [-0.4, -0.2) is 34.9 Å². The minimum absolute atomic E-state index is 0.0718. The second-order valence-electron chi connectivity index (χ2n) is 6.68. The maximum Gasteiger partial charge on any atom is 0.255 e. The van der Waals surface area contributed by atoms with E-state index in [4.69, 9.17) is 10.2 Å². The van der Waals surface area contributed by atoms with E-state index in [0.29, 0.717) is 23.2 Å². The van der Waals surface area contributed by atoms with E-state index in [1.54, 1.807) is 6.26 Å². The smallest absolute Gasteiger partial charge is 0.255 e. The molecular formula is C18H21N3O2. The highest BCUT2D eigenvalue weighted by Gasteiger charge is 2.42. The summed E-state index contributed by atoms with van der Waals surface area (Å²) in [5.74, 6) is 1.83. The highest BCUT2D eigenvalue weighted by Crippen LogP contribution is 2.37. The third-order valence-electron chi connectivity index (χ3n) is 5.29. The van der Waals surface area contributed by atoms with Crippen LogP contribution in [0.25, 0.3) is 11.5 Å². The summed E-state index contributed by atoms with van der Waals surface area (Å²) in [4.78, 5) is 19.3. The summed E-state index contributed by atoms with van der Waals surface area (Å²) >= 11 is 0. The van der Waals surface area contributed by atoms with E-state index in [9.17, 15) is 4.79 Å². The molecule has 1 aliphatic heterocycles. The van der Waals surface area contributed by atoms with E-state index in [-0.39, 0.29) is 11.9 Å². The number of fused-ring (bicyclic) bond motifs is 1. The number of pyridine rings is 1. The maximum atomic E-state index is 12.8. The lowest BCUT2D eigenvalue weighted by atomic mass is 9.98. The number of rotatable bonds is 2. The molecule has 2 fully saturated rings. The SMILES string of the molecule is Cc1nc(-c2ccco2)ccc1C(=O)N1CC2CCC(N)C2C1. The molecule has 4 rings (SSSR count). The van der Waals surface area contributed by atoms with Gasteiger partial charge in [-0.15, -0.1) is 0 Å². The van der Waals surface area contributed by atoms with Crippen LogP contribution in [0.2, 0.25) is 0 Å². The Hall–Kier alpha value is -2.14. The molecular weight excluding hydrogens is 290 g/mol. The van der Waals surface area contributed by atoms with Gasteiger partial charge in [0.25, 0.3) is 5.91 Å². The van der Waals surface area contributed by atoms with Crippen LogP contribution in [0.5, 0.6) is 0 Å². The number of nitrogens with zero attached hydrogens (tertiary/aromatic N) is 2. The molecule has 3 atom stereocenters. The predicted octanol–water partition coefficient (Wildman–Crippen LogP) is 2.46. The number of furan rings is 1. The first-order chi connectivity index (χ1) is 11.1. The van der Waals surface area contributed by atoms with Gasteiger partial charge in [0.05, 0.1) is 17.5 Å². The van der Waals surface area contributed by atoms with Crippen LogP contribution in [0.3, 0.4) is 0 Å². The van der Waals surface area contributed by atoms with Gasteiger partial charge in [-0.05, 0) is 55.9 Å². The number of amides is 1. The average molecular weight is 311 g/mol. The molecule has 5 heteroatoms. The fourth-order valence-corrected chi connectivity index (χ4v) is 3.99. The summed E-state index contributed by atoms with van der Waals surface area (Å²) in [6.45, 7) is 3.49. The summed E-state index contributed by atoms with van der Waals surface area (Å²) in [5, 5.41) is 0. The molecule has 23 heavy (non-hydrogen) atoms. The first kappa shape index (κ1) is 14.5. The van der Waals surface area contributed by atoms with Crippen molar-refractivity contribution in [2.45, 2.75) is 25.8 Å². The molecule has 5 nitrogen and oxygen atoms in total. The molecule has 0 spiro atoms. The van der Waals surface area contributed by atoms with Crippen LogP contribution in [0, 0.1) is 18.8 Å². The van der Waals surface area contributed by atoms with E-state index >= 15 is 0 Å². The first-order valence-electron chi connectivity index (χ1n) is 8.20. The topological polar surface area (TPSA) is 72.4 Å². The summed E-state index contributed by atoms with van der Waals surface area (Å²) in [7, 11) is 0. The normalized spacial score (nSPS) is 26.5. The molecule has 0 radical (unpaired) electrons. The minimum atomic E-state index is 0.0718. The third kappa shape index (κ3) is 2.45. The Morgan fingerprint density at radius 3 is 2.87 bits per heavy atom. The minimum Gasteiger partial charge on any atom is -0.463 e. The van der Waals surface area contributed by atoms with Crippen molar-refractivity contribution in [1.29, 1.82) is 0 Å². The average Bonchev–Trinajstić information content (AvgIpc) is 3.25. The van der Waals surface area contributed by atoms with Crippen molar-refractivity contribution in [2.24, 2.45) is 17.6 Å². The number of hydrogen-bond acceptors (Lipinski definition) is 4. The number of hydrogen-bond donors (Lipinski definition) is 1. The Balaban J connectivity index is 1.55. The number of carbonyl (C=O) groups is 1. The van der Waals surface area contributed by atoms with Crippen molar-refractivity contribution < 1.29 is 9.21 Å². The van der Waals surface area contributed by atoms with Gasteiger partial charge in [0.1, 0.15) is 5.69 Å². The van der Waals surface area contributed by atoms with Gasteiger partial charge in [0, 0.05) is 19.1 Å². The molecule has 1 amide bonds. The Labute approximate surface area is 135 Å². The molecule has 2 aliphatic rings. The fourth-order valence-electron chi connectivity index (χ4n) is 3.99. The van der Waals surface area contributed by atoms with E-state index in [0.717, 1.165) is 37.3 Å². The van der Waals surface area contributed by atoms with Gasteiger partial charge in [0.15, 0.2) is 5.76 Å². The molecule has 3 heterocycles.